The van der Waals surface area contributed by atoms with E-state index in [9.17, 15) is 14.4 Å². The van der Waals surface area contributed by atoms with Gasteiger partial charge in [0.2, 0.25) is 11.8 Å². The molecule has 0 aromatic heterocycles. The Kier molecular flexibility index (Phi) is 7.32. The van der Waals surface area contributed by atoms with Crippen LogP contribution in [0.5, 0.6) is 0 Å². The van der Waals surface area contributed by atoms with Gasteiger partial charge in [0.1, 0.15) is 12.1 Å². The molecule has 2 amide bonds. The molecule has 148 valence electrons. The second-order valence-electron chi connectivity index (χ2n) is 6.53. The fraction of sp³-hybridized carbons (Fsp3) is 0.526. The van der Waals surface area contributed by atoms with Crippen molar-refractivity contribution in [3.05, 3.63) is 35.9 Å². The third kappa shape index (κ3) is 6.04. The zero-order valence-corrected chi connectivity index (χ0v) is 15.9. The molecule has 5 atom stereocenters. The lowest BCUT2D eigenvalue weighted by atomic mass is 9.94. The molecule has 0 saturated carbocycles. The lowest BCUT2D eigenvalue weighted by molar-refractivity contribution is -0.245. The maximum Gasteiger partial charge on any atom is 0.303 e. The van der Waals surface area contributed by atoms with Gasteiger partial charge >= 0.3 is 5.97 Å². The smallest absolute Gasteiger partial charge is 0.303 e. The van der Waals surface area contributed by atoms with Crippen LogP contribution in [0.3, 0.4) is 0 Å². The maximum absolute atomic E-state index is 11.7. The Balaban J connectivity index is 2.24. The molecule has 1 saturated heterocycles. The first kappa shape index (κ1) is 20.9. The van der Waals surface area contributed by atoms with E-state index in [2.05, 4.69) is 10.6 Å². The van der Waals surface area contributed by atoms with E-state index in [1.165, 1.54) is 20.8 Å². The van der Waals surface area contributed by atoms with Crippen molar-refractivity contribution in [2.24, 2.45) is 0 Å². The van der Waals surface area contributed by atoms with Crippen molar-refractivity contribution in [1.29, 1.82) is 0 Å². The van der Waals surface area contributed by atoms with Crippen LogP contribution in [0, 0.1) is 0 Å². The monoisotopic (exact) mass is 378 g/mol. The fourth-order valence-corrected chi connectivity index (χ4v) is 3.08. The number of nitrogens with one attached hydrogen (secondary N) is 2. The summed E-state index contributed by atoms with van der Waals surface area (Å²) in [5.74, 6) is -1.15. The summed E-state index contributed by atoms with van der Waals surface area (Å²) in [6, 6.07) is 8.10. The summed E-state index contributed by atoms with van der Waals surface area (Å²) in [4.78, 5) is 34.9. The predicted molar refractivity (Wildman–Crippen MR) is 96.3 cm³/mol. The van der Waals surface area contributed by atoms with Crippen LogP contribution in [0.15, 0.2) is 30.3 Å². The normalized spacial score (nSPS) is 27.5. The largest absolute Gasteiger partial charge is 0.458 e. The van der Waals surface area contributed by atoms with E-state index in [-0.39, 0.29) is 18.4 Å². The summed E-state index contributed by atoms with van der Waals surface area (Å²) in [7, 11) is 0. The van der Waals surface area contributed by atoms with Crippen molar-refractivity contribution in [2.75, 3.05) is 0 Å². The minimum atomic E-state index is -0.849. The van der Waals surface area contributed by atoms with Crippen LogP contribution in [0.1, 0.15) is 33.3 Å². The molecule has 1 aliphatic heterocycles. The van der Waals surface area contributed by atoms with Gasteiger partial charge in [0.25, 0.3) is 0 Å². The second-order valence-corrected chi connectivity index (χ2v) is 6.53. The Bertz CT molecular complexity index is 665. The molecule has 2 N–H and O–H groups in total. The number of carbonyl (C=O) groups excluding carboxylic acids is 3. The first-order chi connectivity index (χ1) is 12.8. The summed E-state index contributed by atoms with van der Waals surface area (Å²) in [5.41, 5.74) is 0.934. The number of carbonyl (C=O) groups is 3. The van der Waals surface area contributed by atoms with Crippen LogP contribution >= 0.6 is 0 Å². The van der Waals surface area contributed by atoms with Gasteiger partial charge in [0.15, 0.2) is 6.29 Å². The number of ether oxygens (including phenoxy) is 3. The van der Waals surface area contributed by atoms with Gasteiger partial charge in [0, 0.05) is 20.8 Å². The number of rotatable bonds is 6. The van der Waals surface area contributed by atoms with Crippen molar-refractivity contribution in [3.8, 4) is 0 Å². The van der Waals surface area contributed by atoms with Crippen LogP contribution in [0.2, 0.25) is 0 Å². The fourth-order valence-electron chi connectivity index (χ4n) is 3.08. The Morgan fingerprint density at radius 1 is 1.00 bits per heavy atom. The minimum absolute atomic E-state index is 0.256. The topological polar surface area (TPSA) is 103 Å². The van der Waals surface area contributed by atoms with Gasteiger partial charge in [-0.25, -0.2) is 0 Å². The SMILES string of the molecule is CC(=O)N[C@H]1[C@@H](OCc2ccccc2)O[C@H](C)[C@@H](NC(C)=O)[C@@H]1OC(C)=O. The predicted octanol–water partition coefficient (Wildman–Crippen LogP) is 0.889. The van der Waals surface area contributed by atoms with Gasteiger partial charge in [-0.15, -0.1) is 0 Å². The highest BCUT2D eigenvalue weighted by molar-refractivity contribution is 5.74. The van der Waals surface area contributed by atoms with E-state index in [1.54, 1.807) is 6.92 Å². The molecule has 1 aliphatic rings. The molecule has 8 nitrogen and oxygen atoms in total. The molecule has 1 aromatic rings. The first-order valence-corrected chi connectivity index (χ1v) is 8.80. The summed E-state index contributed by atoms with van der Waals surface area (Å²) in [6.45, 7) is 6.00. The molecule has 2 rings (SSSR count). The Labute approximate surface area is 158 Å². The first-order valence-electron chi connectivity index (χ1n) is 8.80. The van der Waals surface area contributed by atoms with Gasteiger partial charge in [-0.05, 0) is 12.5 Å². The molecule has 0 aliphatic carbocycles. The van der Waals surface area contributed by atoms with Gasteiger partial charge in [-0.2, -0.15) is 0 Å². The van der Waals surface area contributed by atoms with Gasteiger partial charge in [-0.3, -0.25) is 14.4 Å². The van der Waals surface area contributed by atoms with E-state index >= 15 is 0 Å². The number of hydrogen-bond donors (Lipinski definition) is 2. The molecule has 0 bridgehead atoms. The molecule has 1 aromatic carbocycles. The third-order valence-electron chi connectivity index (χ3n) is 4.15. The molecular weight excluding hydrogens is 352 g/mol. The van der Waals surface area contributed by atoms with E-state index in [1.807, 2.05) is 30.3 Å². The summed E-state index contributed by atoms with van der Waals surface area (Å²) in [6.07, 6.45) is -2.18. The molecule has 27 heavy (non-hydrogen) atoms. The van der Waals surface area contributed by atoms with E-state index in [4.69, 9.17) is 14.2 Å². The van der Waals surface area contributed by atoms with Crippen molar-refractivity contribution in [3.63, 3.8) is 0 Å². The minimum Gasteiger partial charge on any atom is -0.458 e. The second kappa shape index (κ2) is 9.48. The molecular formula is C19H26N2O6. The average Bonchev–Trinajstić information content (AvgIpc) is 2.59. The summed E-state index contributed by atoms with van der Waals surface area (Å²) >= 11 is 0. The van der Waals surface area contributed by atoms with Gasteiger partial charge in [0.05, 0.1) is 18.8 Å². The van der Waals surface area contributed by atoms with E-state index in [0.29, 0.717) is 0 Å². The Morgan fingerprint density at radius 2 is 1.59 bits per heavy atom. The van der Waals surface area contributed by atoms with Crippen LogP contribution < -0.4 is 10.6 Å². The lowest BCUT2D eigenvalue weighted by Crippen LogP contribution is -2.68. The van der Waals surface area contributed by atoms with Crippen molar-refractivity contribution >= 4 is 17.8 Å². The van der Waals surface area contributed by atoms with Crippen LogP contribution in [0.4, 0.5) is 0 Å². The molecule has 1 fully saturated rings. The zero-order chi connectivity index (χ0) is 20.0. The van der Waals surface area contributed by atoms with Crippen molar-refractivity contribution in [1.82, 2.24) is 10.6 Å². The number of amides is 2. The zero-order valence-electron chi connectivity index (χ0n) is 15.9. The molecule has 0 unspecified atom stereocenters. The molecule has 8 heteroatoms. The van der Waals surface area contributed by atoms with Crippen molar-refractivity contribution in [2.45, 2.75) is 64.9 Å². The number of esters is 1. The maximum atomic E-state index is 11.7. The Morgan fingerprint density at radius 3 is 2.15 bits per heavy atom. The van der Waals surface area contributed by atoms with Gasteiger partial charge < -0.3 is 24.8 Å². The van der Waals surface area contributed by atoms with E-state index in [0.717, 1.165) is 5.56 Å². The summed E-state index contributed by atoms with van der Waals surface area (Å²) < 4.78 is 17.2. The quantitative estimate of drug-likeness (QED) is 0.713. The highest BCUT2D eigenvalue weighted by Crippen LogP contribution is 2.25. The van der Waals surface area contributed by atoms with E-state index < -0.39 is 36.6 Å². The number of benzene rings is 1. The summed E-state index contributed by atoms with van der Waals surface area (Å²) in [5, 5.41) is 5.47. The molecule has 0 radical (unpaired) electrons. The van der Waals surface area contributed by atoms with Crippen LogP contribution in [-0.4, -0.2) is 48.4 Å². The molecule has 1 heterocycles. The molecule has 0 spiro atoms. The Hall–Kier alpha value is -2.45. The van der Waals surface area contributed by atoms with Crippen molar-refractivity contribution < 1.29 is 28.6 Å². The van der Waals surface area contributed by atoms with Gasteiger partial charge in [-0.1, -0.05) is 30.3 Å². The third-order valence-corrected chi connectivity index (χ3v) is 4.15. The number of hydrogen-bond acceptors (Lipinski definition) is 6. The standard InChI is InChI=1S/C19H26N2O6/c1-11-16(20-12(2)22)18(27-14(4)24)17(21-13(3)23)19(26-11)25-10-15-8-6-5-7-9-15/h5-9,11,16-19H,10H2,1-4H3,(H,20,22)(H,21,23)/t11-,16-,17-,18+,19+/m1/s1. The van der Waals surface area contributed by atoms with Crippen LogP contribution in [-0.2, 0) is 35.2 Å². The lowest BCUT2D eigenvalue weighted by Gasteiger charge is -2.45. The average molecular weight is 378 g/mol. The van der Waals surface area contributed by atoms with Crippen LogP contribution in [0.25, 0.3) is 0 Å². The highest BCUT2D eigenvalue weighted by Gasteiger charge is 2.47. The highest BCUT2D eigenvalue weighted by atomic mass is 16.7.